The lowest BCUT2D eigenvalue weighted by Crippen LogP contribution is -2.46. The zero-order valence-electron chi connectivity index (χ0n) is 14.7. The fourth-order valence-corrected chi connectivity index (χ4v) is 5.19. The molecule has 5 nitrogen and oxygen atoms in total. The Morgan fingerprint density at radius 2 is 2.04 bits per heavy atom. The van der Waals surface area contributed by atoms with Crippen LogP contribution in [0.25, 0.3) is 0 Å². The molecule has 0 heterocycles. The molecule has 0 radical (unpaired) electrons. The van der Waals surface area contributed by atoms with Crippen LogP contribution in [0.1, 0.15) is 25.7 Å². The molecule has 0 aliphatic heterocycles. The summed E-state index contributed by atoms with van der Waals surface area (Å²) in [5.74, 6) is 0.714. The van der Waals surface area contributed by atoms with Crippen LogP contribution in [0.4, 0.5) is 0 Å². The predicted molar refractivity (Wildman–Crippen MR) is 110 cm³/mol. The van der Waals surface area contributed by atoms with Gasteiger partial charge in [-0.3, -0.25) is 4.99 Å². The van der Waals surface area contributed by atoms with Crippen molar-refractivity contribution in [2.75, 3.05) is 25.6 Å². The van der Waals surface area contributed by atoms with Crippen LogP contribution in [0.3, 0.4) is 0 Å². The molecule has 0 spiro atoms. The maximum Gasteiger partial charge on any atom is 0.191 e. The van der Waals surface area contributed by atoms with E-state index in [2.05, 4.69) is 37.8 Å². The van der Waals surface area contributed by atoms with E-state index in [4.69, 9.17) is 0 Å². The maximum atomic E-state index is 12.4. The normalized spacial score (nSPS) is 21.8. The molecule has 2 atom stereocenters. The minimum atomic E-state index is -3.30. The van der Waals surface area contributed by atoms with Gasteiger partial charge in [0.25, 0.3) is 0 Å². The summed E-state index contributed by atoms with van der Waals surface area (Å²) < 4.78 is 25.6. The number of rotatable bonds is 6. The van der Waals surface area contributed by atoms with E-state index in [-0.39, 0.29) is 5.75 Å². The summed E-state index contributed by atoms with van der Waals surface area (Å²) in [5, 5.41) is 7.25. The molecule has 1 aromatic rings. The topological polar surface area (TPSA) is 70.6 Å². The molecule has 1 aliphatic rings. The first-order valence-electron chi connectivity index (χ1n) is 8.43. The number of thioether (sulfide) groups is 1. The molecular weight excluding hydrogens is 422 g/mol. The van der Waals surface area contributed by atoms with Crippen LogP contribution in [-0.2, 0) is 9.84 Å². The zero-order chi connectivity index (χ0) is 18.3. The standard InChI is InChI=1S/C17H26BrN3O2S2/c1-19-17(21-14-4-3-5-15(12-14)24-2)20-10-11-25(22,23)16-8-6-13(18)7-9-16/h6-9,14-15H,3-5,10-12H2,1-2H3,(H2,19,20,21). The third-order valence-corrected chi connectivity index (χ3v) is 7.72. The average Bonchev–Trinajstić information content (AvgIpc) is 2.61. The van der Waals surface area contributed by atoms with Crippen molar-refractivity contribution in [3.05, 3.63) is 28.7 Å². The summed E-state index contributed by atoms with van der Waals surface area (Å²) in [4.78, 5) is 4.57. The summed E-state index contributed by atoms with van der Waals surface area (Å²) in [6.45, 7) is 0.330. The van der Waals surface area contributed by atoms with Crippen LogP contribution in [-0.4, -0.2) is 51.3 Å². The van der Waals surface area contributed by atoms with Crippen molar-refractivity contribution in [1.29, 1.82) is 0 Å². The summed E-state index contributed by atoms with van der Waals surface area (Å²) in [6, 6.07) is 7.13. The number of halogens is 1. The molecule has 2 unspecified atom stereocenters. The summed E-state index contributed by atoms with van der Waals surface area (Å²) in [7, 11) is -1.58. The lowest BCUT2D eigenvalue weighted by molar-refractivity contribution is 0.419. The van der Waals surface area contributed by atoms with Crippen molar-refractivity contribution in [1.82, 2.24) is 10.6 Å². The Bertz CT molecular complexity index is 678. The lowest BCUT2D eigenvalue weighted by Gasteiger charge is -2.29. The Balaban J connectivity index is 1.83. The molecule has 1 saturated carbocycles. The van der Waals surface area contributed by atoms with Gasteiger partial charge in [0.05, 0.1) is 10.6 Å². The van der Waals surface area contributed by atoms with Gasteiger partial charge in [-0.05, 0) is 49.8 Å². The summed E-state index contributed by atoms with van der Waals surface area (Å²) >= 11 is 5.24. The molecule has 25 heavy (non-hydrogen) atoms. The highest BCUT2D eigenvalue weighted by Gasteiger charge is 2.22. The molecule has 0 bridgehead atoms. The minimum Gasteiger partial charge on any atom is -0.355 e. The van der Waals surface area contributed by atoms with Crippen molar-refractivity contribution in [3.63, 3.8) is 0 Å². The molecule has 8 heteroatoms. The summed E-state index contributed by atoms with van der Waals surface area (Å²) in [5.41, 5.74) is 0. The first kappa shape index (κ1) is 20.6. The van der Waals surface area contributed by atoms with Gasteiger partial charge >= 0.3 is 0 Å². The Hall–Kier alpha value is -0.730. The number of benzene rings is 1. The van der Waals surface area contributed by atoms with Gasteiger partial charge in [0.15, 0.2) is 15.8 Å². The first-order chi connectivity index (χ1) is 11.9. The second-order valence-electron chi connectivity index (χ2n) is 6.14. The number of hydrogen-bond donors (Lipinski definition) is 2. The number of sulfone groups is 1. The van der Waals surface area contributed by atoms with Crippen LogP contribution in [0.2, 0.25) is 0 Å². The van der Waals surface area contributed by atoms with Gasteiger partial charge < -0.3 is 10.6 Å². The monoisotopic (exact) mass is 447 g/mol. The number of hydrogen-bond acceptors (Lipinski definition) is 4. The minimum absolute atomic E-state index is 0.0352. The van der Waals surface area contributed by atoms with Gasteiger partial charge in [0.2, 0.25) is 0 Å². The number of nitrogens with zero attached hydrogens (tertiary/aromatic N) is 1. The molecule has 1 fully saturated rings. The quantitative estimate of drug-likeness (QED) is 0.517. The van der Waals surface area contributed by atoms with Gasteiger partial charge in [-0.2, -0.15) is 11.8 Å². The Kier molecular flexibility index (Phi) is 8.09. The highest BCUT2D eigenvalue weighted by atomic mass is 79.9. The Labute approximate surface area is 163 Å². The van der Waals surface area contributed by atoms with Crippen molar-refractivity contribution in [2.24, 2.45) is 4.99 Å². The zero-order valence-corrected chi connectivity index (χ0v) is 17.9. The molecule has 2 N–H and O–H groups in total. The first-order valence-corrected chi connectivity index (χ1v) is 12.2. The Morgan fingerprint density at radius 3 is 2.68 bits per heavy atom. The molecule has 140 valence electrons. The molecule has 2 rings (SSSR count). The van der Waals surface area contributed by atoms with Crippen molar-refractivity contribution in [3.8, 4) is 0 Å². The van der Waals surface area contributed by atoms with Crippen LogP contribution in [0.5, 0.6) is 0 Å². The van der Waals surface area contributed by atoms with E-state index in [9.17, 15) is 8.42 Å². The fraction of sp³-hybridized carbons (Fsp3) is 0.588. The van der Waals surface area contributed by atoms with E-state index >= 15 is 0 Å². The van der Waals surface area contributed by atoms with E-state index in [1.807, 2.05) is 11.8 Å². The second-order valence-corrected chi connectivity index (χ2v) is 10.3. The van der Waals surface area contributed by atoms with E-state index in [1.54, 1.807) is 31.3 Å². The van der Waals surface area contributed by atoms with Crippen molar-refractivity contribution >= 4 is 43.5 Å². The van der Waals surface area contributed by atoms with Crippen molar-refractivity contribution in [2.45, 2.75) is 41.9 Å². The van der Waals surface area contributed by atoms with Gasteiger partial charge in [0.1, 0.15) is 0 Å². The summed E-state index contributed by atoms with van der Waals surface area (Å²) in [6.07, 6.45) is 6.91. The van der Waals surface area contributed by atoms with Gasteiger partial charge in [0, 0.05) is 29.4 Å². The van der Waals surface area contributed by atoms with E-state index < -0.39 is 9.84 Å². The predicted octanol–water partition coefficient (Wildman–Crippen LogP) is 3.06. The fourth-order valence-electron chi connectivity index (χ4n) is 2.94. The number of guanidine groups is 1. The number of nitrogens with one attached hydrogen (secondary N) is 2. The molecule has 0 saturated heterocycles. The van der Waals surface area contributed by atoms with E-state index in [1.165, 1.54) is 12.8 Å². The maximum absolute atomic E-state index is 12.4. The number of aliphatic imine (C=N–C) groups is 1. The molecule has 1 aromatic carbocycles. The molecule has 0 amide bonds. The third kappa shape index (κ3) is 6.49. The Morgan fingerprint density at radius 1 is 1.32 bits per heavy atom. The average molecular weight is 448 g/mol. The van der Waals surface area contributed by atoms with Gasteiger partial charge in [-0.15, -0.1) is 0 Å². The SMILES string of the molecule is CN=C(NCCS(=O)(=O)c1ccc(Br)cc1)NC1CCCC(SC)C1. The van der Waals surface area contributed by atoms with Crippen LogP contribution < -0.4 is 10.6 Å². The van der Waals surface area contributed by atoms with Crippen LogP contribution in [0.15, 0.2) is 38.6 Å². The van der Waals surface area contributed by atoms with Crippen LogP contribution >= 0.6 is 27.7 Å². The van der Waals surface area contributed by atoms with Gasteiger partial charge in [-0.1, -0.05) is 22.4 Å². The van der Waals surface area contributed by atoms with Crippen LogP contribution in [0, 0.1) is 0 Å². The van der Waals surface area contributed by atoms with E-state index in [0.717, 1.165) is 17.3 Å². The largest absolute Gasteiger partial charge is 0.355 e. The molecule has 0 aromatic heterocycles. The smallest absolute Gasteiger partial charge is 0.191 e. The molecule has 1 aliphatic carbocycles. The van der Waals surface area contributed by atoms with Crippen molar-refractivity contribution < 1.29 is 8.42 Å². The highest BCUT2D eigenvalue weighted by Crippen LogP contribution is 2.26. The lowest BCUT2D eigenvalue weighted by atomic mass is 9.95. The molecular formula is C17H26BrN3O2S2. The third-order valence-electron chi connectivity index (χ3n) is 4.36. The second kappa shape index (κ2) is 9.83. The van der Waals surface area contributed by atoms with E-state index in [0.29, 0.717) is 28.7 Å². The van der Waals surface area contributed by atoms with Gasteiger partial charge in [-0.25, -0.2) is 8.42 Å². The highest BCUT2D eigenvalue weighted by molar-refractivity contribution is 9.10.